The molecular weight excluding hydrogens is 256 g/mol. The molecule has 102 valence electrons. The van der Waals surface area contributed by atoms with Gasteiger partial charge in [0.15, 0.2) is 0 Å². The lowest BCUT2D eigenvalue weighted by Gasteiger charge is -2.13. The minimum Gasteiger partial charge on any atom is -0.374 e. The highest BCUT2D eigenvalue weighted by molar-refractivity contribution is 6.03. The molecule has 1 amide bonds. The van der Waals surface area contributed by atoms with Crippen LogP contribution in [-0.2, 0) is 6.42 Å². The van der Waals surface area contributed by atoms with E-state index < -0.39 is 0 Å². The molecule has 6 heteroatoms. The molecule has 0 bridgehead atoms. The maximum Gasteiger partial charge on any atom is 0.276 e. The molecule has 0 spiro atoms. The quantitative estimate of drug-likeness (QED) is 0.854. The fraction of sp³-hybridized carbons (Fsp3) is 0.214. The maximum absolute atomic E-state index is 12.0. The van der Waals surface area contributed by atoms with Gasteiger partial charge in [-0.2, -0.15) is 5.10 Å². The van der Waals surface area contributed by atoms with E-state index in [1.54, 1.807) is 0 Å². The van der Waals surface area contributed by atoms with Crippen LogP contribution in [0.5, 0.6) is 0 Å². The van der Waals surface area contributed by atoms with Crippen LogP contribution in [0.4, 0.5) is 11.4 Å². The Kier molecular flexibility index (Phi) is 2.98. The number of rotatable bonds is 2. The van der Waals surface area contributed by atoms with Crippen LogP contribution >= 0.6 is 0 Å². The highest BCUT2D eigenvalue weighted by Gasteiger charge is 2.16. The summed E-state index contributed by atoms with van der Waals surface area (Å²) in [4.78, 5) is 25.1. The minimum atomic E-state index is -0.346. The third-order valence-corrected chi connectivity index (χ3v) is 3.38. The molecule has 3 rings (SSSR count). The number of aromatic nitrogens is 2. The first-order valence-corrected chi connectivity index (χ1v) is 6.34. The van der Waals surface area contributed by atoms with Crippen LogP contribution in [0, 0.1) is 0 Å². The molecule has 2 N–H and O–H groups in total. The number of hydrogen-bond donors (Lipinski definition) is 2. The third-order valence-electron chi connectivity index (χ3n) is 3.38. The van der Waals surface area contributed by atoms with Gasteiger partial charge in [0.2, 0.25) is 0 Å². The van der Waals surface area contributed by atoms with Crippen molar-refractivity contribution in [2.24, 2.45) is 0 Å². The predicted molar refractivity (Wildman–Crippen MR) is 76.2 cm³/mol. The Labute approximate surface area is 115 Å². The fourth-order valence-electron chi connectivity index (χ4n) is 2.28. The van der Waals surface area contributed by atoms with Gasteiger partial charge in [0.05, 0.1) is 0 Å². The monoisotopic (exact) mass is 270 g/mol. The van der Waals surface area contributed by atoms with Gasteiger partial charge in [-0.05, 0) is 30.2 Å². The summed E-state index contributed by atoms with van der Waals surface area (Å²) in [5.41, 5.74) is 2.99. The standard InChI is InChI=1S/C14H14N4O2/c1-18-7-6-9-2-3-10(8-12(9)18)15-14(20)11-4-5-13(19)17-16-11/h2-5,8H,6-7H2,1H3,(H,15,20)(H,17,19). The van der Waals surface area contributed by atoms with Crippen molar-refractivity contribution in [3.8, 4) is 0 Å². The average molecular weight is 270 g/mol. The van der Waals surface area contributed by atoms with E-state index in [-0.39, 0.29) is 17.2 Å². The largest absolute Gasteiger partial charge is 0.374 e. The second-order valence-electron chi connectivity index (χ2n) is 4.78. The molecule has 1 aliphatic heterocycles. The molecule has 0 saturated heterocycles. The van der Waals surface area contributed by atoms with Crippen LogP contribution in [0.25, 0.3) is 0 Å². The van der Waals surface area contributed by atoms with Gasteiger partial charge < -0.3 is 10.2 Å². The number of aromatic amines is 1. The summed E-state index contributed by atoms with van der Waals surface area (Å²) >= 11 is 0. The smallest absolute Gasteiger partial charge is 0.276 e. The van der Waals surface area contributed by atoms with E-state index in [0.29, 0.717) is 0 Å². The third kappa shape index (κ3) is 2.27. The number of benzene rings is 1. The first-order valence-electron chi connectivity index (χ1n) is 6.34. The highest BCUT2D eigenvalue weighted by Crippen LogP contribution is 2.29. The van der Waals surface area contributed by atoms with E-state index in [2.05, 4.69) is 20.4 Å². The van der Waals surface area contributed by atoms with Crippen LogP contribution in [0.15, 0.2) is 35.1 Å². The Morgan fingerprint density at radius 1 is 1.35 bits per heavy atom. The average Bonchev–Trinajstić information content (AvgIpc) is 2.81. The molecule has 2 heterocycles. The second-order valence-corrected chi connectivity index (χ2v) is 4.78. The molecule has 0 radical (unpaired) electrons. The summed E-state index contributed by atoms with van der Waals surface area (Å²) in [6.07, 6.45) is 1.03. The van der Waals surface area contributed by atoms with Gasteiger partial charge in [-0.25, -0.2) is 5.10 Å². The molecule has 1 aromatic carbocycles. The zero-order chi connectivity index (χ0) is 14.1. The van der Waals surface area contributed by atoms with Gasteiger partial charge in [0.1, 0.15) is 5.69 Å². The Bertz CT molecular complexity index is 703. The summed E-state index contributed by atoms with van der Waals surface area (Å²) in [6, 6.07) is 8.52. The van der Waals surface area contributed by atoms with Crippen LogP contribution in [0.3, 0.4) is 0 Å². The van der Waals surface area contributed by atoms with Gasteiger partial charge in [-0.3, -0.25) is 9.59 Å². The number of amides is 1. The molecule has 0 atom stereocenters. The van der Waals surface area contributed by atoms with Crippen LogP contribution < -0.4 is 15.8 Å². The zero-order valence-corrected chi connectivity index (χ0v) is 11.0. The number of hydrogen-bond acceptors (Lipinski definition) is 4. The van der Waals surface area contributed by atoms with Crippen molar-refractivity contribution in [1.29, 1.82) is 0 Å². The molecular formula is C14H14N4O2. The molecule has 1 aliphatic rings. The summed E-state index contributed by atoms with van der Waals surface area (Å²) < 4.78 is 0. The van der Waals surface area contributed by atoms with Crippen LogP contribution in [-0.4, -0.2) is 29.7 Å². The number of likely N-dealkylation sites (N-methyl/N-ethyl adjacent to an activating group) is 1. The molecule has 2 aromatic rings. The lowest BCUT2D eigenvalue weighted by molar-refractivity contribution is 0.102. The van der Waals surface area contributed by atoms with Crippen LogP contribution in [0.2, 0.25) is 0 Å². The Morgan fingerprint density at radius 3 is 2.95 bits per heavy atom. The highest BCUT2D eigenvalue weighted by atomic mass is 16.2. The molecule has 0 fully saturated rings. The van der Waals surface area contributed by atoms with E-state index in [0.717, 1.165) is 24.3 Å². The summed E-state index contributed by atoms with van der Waals surface area (Å²) in [7, 11) is 2.03. The number of H-pyrrole nitrogens is 1. The van der Waals surface area contributed by atoms with E-state index in [1.165, 1.54) is 17.7 Å². The zero-order valence-electron chi connectivity index (χ0n) is 11.0. The minimum absolute atomic E-state index is 0.179. The van der Waals surface area contributed by atoms with Gasteiger partial charge in [0, 0.05) is 31.0 Å². The number of fused-ring (bicyclic) bond motifs is 1. The summed E-state index contributed by atoms with van der Waals surface area (Å²) in [5, 5.41) is 8.72. The van der Waals surface area contributed by atoms with Crippen LogP contribution in [0.1, 0.15) is 16.1 Å². The first kappa shape index (κ1) is 12.4. The van der Waals surface area contributed by atoms with Gasteiger partial charge in [-0.15, -0.1) is 0 Å². The molecule has 0 unspecified atom stereocenters. The predicted octanol–water partition coefficient (Wildman–Crippen LogP) is 1.01. The first-order chi connectivity index (χ1) is 9.63. The molecule has 0 saturated carbocycles. The topological polar surface area (TPSA) is 78.1 Å². The normalized spacial score (nSPS) is 13.2. The lowest BCUT2D eigenvalue weighted by atomic mass is 10.1. The van der Waals surface area contributed by atoms with Crippen molar-refractivity contribution in [2.45, 2.75) is 6.42 Å². The van der Waals surface area contributed by atoms with Gasteiger partial charge in [0.25, 0.3) is 11.5 Å². The van der Waals surface area contributed by atoms with Crippen molar-refractivity contribution >= 4 is 17.3 Å². The number of anilines is 2. The molecule has 0 aliphatic carbocycles. The maximum atomic E-state index is 12.0. The van der Waals surface area contributed by atoms with Crippen molar-refractivity contribution < 1.29 is 4.79 Å². The Balaban J connectivity index is 1.81. The number of carbonyl (C=O) groups is 1. The van der Waals surface area contributed by atoms with Crippen molar-refractivity contribution in [2.75, 3.05) is 23.8 Å². The number of nitrogens with zero attached hydrogens (tertiary/aromatic N) is 2. The van der Waals surface area contributed by atoms with Gasteiger partial charge in [-0.1, -0.05) is 6.07 Å². The molecule has 1 aromatic heterocycles. The van der Waals surface area contributed by atoms with E-state index in [1.807, 2.05) is 25.2 Å². The van der Waals surface area contributed by atoms with E-state index >= 15 is 0 Å². The van der Waals surface area contributed by atoms with Crippen molar-refractivity contribution in [1.82, 2.24) is 10.2 Å². The molecule has 20 heavy (non-hydrogen) atoms. The summed E-state index contributed by atoms with van der Waals surface area (Å²) in [5.74, 6) is -0.346. The van der Waals surface area contributed by atoms with Crippen molar-refractivity contribution in [3.05, 3.63) is 51.9 Å². The second kappa shape index (κ2) is 4.80. The van der Waals surface area contributed by atoms with E-state index in [4.69, 9.17) is 0 Å². The Morgan fingerprint density at radius 2 is 2.20 bits per heavy atom. The number of nitrogens with one attached hydrogen (secondary N) is 2. The Hall–Kier alpha value is -2.63. The summed E-state index contributed by atoms with van der Waals surface area (Å²) in [6.45, 7) is 0.994. The fourth-order valence-corrected chi connectivity index (χ4v) is 2.28. The molecule has 6 nitrogen and oxygen atoms in total. The number of carbonyl (C=O) groups excluding carboxylic acids is 1. The SMILES string of the molecule is CN1CCc2ccc(NC(=O)c3ccc(=O)[nH]n3)cc21. The van der Waals surface area contributed by atoms with E-state index in [9.17, 15) is 9.59 Å². The van der Waals surface area contributed by atoms with Gasteiger partial charge >= 0.3 is 0 Å². The van der Waals surface area contributed by atoms with Crippen molar-refractivity contribution in [3.63, 3.8) is 0 Å². The lowest BCUT2D eigenvalue weighted by Crippen LogP contribution is -2.18.